The molecule has 0 aromatic rings. The van der Waals surface area contributed by atoms with Crippen LogP contribution in [0.3, 0.4) is 0 Å². The van der Waals surface area contributed by atoms with Crippen molar-refractivity contribution in [3.05, 3.63) is 0 Å². The van der Waals surface area contributed by atoms with Crippen molar-refractivity contribution in [3.63, 3.8) is 0 Å². The summed E-state index contributed by atoms with van der Waals surface area (Å²) < 4.78 is 0. The summed E-state index contributed by atoms with van der Waals surface area (Å²) in [5.41, 5.74) is -1.61. The second-order valence-electron chi connectivity index (χ2n) is 13.2. The van der Waals surface area contributed by atoms with Gasteiger partial charge < -0.3 is 10.2 Å². The molecular weight excluding hydrogens is 480 g/mol. The molecule has 0 fully saturated rings. The molecule has 6 nitrogen and oxygen atoms in total. The van der Waals surface area contributed by atoms with Gasteiger partial charge in [-0.15, -0.1) is 0 Å². The van der Waals surface area contributed by atoms with Gasteiger partial charge in [0.2, 0.25) is 0 Å². The van der Waals surface area contributed by atoms with Crippen molar-refractivity contribution < 1.29 is 51.1 Å². The predicted molar refractivity (Wildman–Crippen MR) is 142 cm³/mol. The second-order valence-corrected chi connectivity index (χ2v) is 13.2. The topological polar surface area (TPSA) is 109 Å². The smallest absolute Gasteiger partial charge is 0.145 e. The van der Waals surface area contributed by atoms with Crippen LogP contribution in [-0.2, 0) is 40.9 Å². The van der Waals surface area contributed by atoms with Crippen LogP contribution in [0, 0.1) is 21.7 Å². The summed E-state index contributed by atoms with van der Waals surface area (Å²) in [4.78, 5) is 46.0. The molecule has 0 unspecified atom stereocenters. The van der Waals surface area contributed by atoms with Crippen molar-refractivity contribution in [1.82, 2.24) is 0 Å². The molecule has 0 atom stereocenters. The summed E-state index contributed by atoms with van der Waals surface area (Å²) in [6.45, 7) is 29.0. The Bertz CT molecular complexity index is 512. The van der Waals surface area contributed by atoms with E-state index in [1.807, 2.05) is 83.1 Å². The van der Waals surface area contributed by atoms with E-state index >= 15 is 0 Å². The van der Waals surface area contributed by atoms with Crippen LogP contribution in [0.25, 0.3) is 0 Å². The Morgan fingerprint density at radius 2 is 0.543 bits per heavy atom. The van der Waals surface area contributed by atoms with Crippen molar-refractivity contribution in [2.75, 3.05) is 0 Å². The summed E-state index contributed by atoms with van der Waals surface area (Å²) in [6, 6.07) is 0. The quantitative estimate of drug-likeness (QED) is 0.338. The number of Topliss-reactive ketones (excluding diaryl/α,β-unsaturated/α-hetero) is 4. The van der Waals surface area contributed by atoms with Crippen LogP contribution in [-0.4, -0.2) is 45.6 Å². The molecule has 0 bridgehead atoms. The molecule has 208 valence electrons. The third-order valence-corrected chi connectivity index (χ3v) is 3.99. The molecular formula is C28H56O6Ti. The standard InChI is InChI=1S/2C11H20O2.2C3H8O.Ti/c2*1-10(2,3)8(12)7-9(13)11(4,5)6;2*1-3(2)4;/h2*7H2,1-6H3;2*3-4H,1-2H3;. The van der Waals surface area contributed by atoms with Gasteiger partial charge in [0.05, 0.1) is 12.8 Å². The van der Waals surface area contributed by atoms with Crippen molar-refractivity contribution >= 4 is 23.1 Å². The fourth-order valence-electron chi connectivity index (χ4n) is 1.35. The van der Waals surface area contributed by atoms with Crippen molar-refractivity contribution in [1.29, 1.82) is 0 Å². The number of hydrogen-bond donors (Lipinski definition) is 2. The van der Waals surface area contributed by atoms with E-state index in [-0.39, 0.29) is 69.9 Å². The van der Waals surface area contributed by atoms with Gasteiger partial charge >= 0.3 is 0 Å². The number of aliphatic hydroxyl groups excluding tert-OH is 2. The van der Waals surface area contributed by atoms with E-state index in [0.29, 0.717) is 0 Å². The molecule has 0 aliphatic heterocycles. The van der Waals surface area contributed by atoms with Crippen LogP contribution in [0.2, 0.25) is 0 Å². The Balaban J connectivity index is -0.000000128. The minimum atomic E-state index is -0.402. The molecule has 0 aromatic heterocycles. The molecule has 0 aliphatic carbocycles. The van der Waals surface area contributed by atoms with E-state index in [9.17, 15) is 19.2 Å². The SMILES string of the molecule is CC(C)(C)C(=O)CC(=O)C(C)(C)C.CC(C)(C)C(=O)CC(=O)C(C)(C)C.CC(C)O.CC(C)O.[Ti]. The van der Waals surface area contributed by atoms with E-state index in [2.05, 4.69) is 0 Å². The number of hydrogen-bond acceptors (Lipinski definition) is 6. The molecule has 35 heavy (non-hydrogen) atoms. The van der Waals surface area contributed by atoms with E-state index in [4.69, 9.17) is 10.2 Å². The van der Waals surface area contributed by atoms with E-state index < -0.39 is 21.7 Å². The number of ketones is 4. The van der Waals surface area contributed by atoms with Gasteiger partial charge in [0.25, 0.3) is 0 Å². The largest absolute Gasteiger partial charge is 0.394 e. The second kappa shape index (κ2) is 18.5. The molecule has 0 radical (unpaired) electrons. The molecule has 0 saturated carbocycles. The number of carbonyl (C=O) groups is 4. The summed E-state index contributed by atoms with van der Waals surface area (Å²) in [5.74, 6) is 0.0831. The molecule has 7 heteroatoms. The molecule has 2 N–H and O–H groups in total. The number of carbonyl (C=O) groups excluding carboxylic acids is 4. The maximum absolute atomic E-state index is 11.5. The van der Waals surface area contributed by atoms with Gasteiger partial charge in [0, 0.05) is 55.6 Å². The molecule has 0 rings (SSSR count). The first-order chi connectivity index (χ1) is 14.6. The maximum Gasteiger partial charge on any atom is 0.145 e. The van der Waals surface area contributed by atoms with Crippen molar-refractivity contribution in [2.24, 2.45) is 21.7 Å². The van der Waals surface area contributed by atoms with Gasteiger partial charge in [-0.05, 0) is 27.7 Å². The average Bonchev–Trinajstić information content (AvgIpc) is 2.50. The summed E-state index contributed by atoms with van der Waals surface area (Å²) in [5, 5.41) is 16.1. The first kappa shape index (κ1) is 44.3. The van der Waals surface area contributed by atoms with Gasteiger partial charge in [-0.25, -0.2) is 0 Å². The Labute approximate surface area is 231 Å². The fourth-order valence-corrected chi connectivity index (χ4v) is 1.35. The van der Waals surface area contributed by atoms with E-state index in [1.54, 1.807) is 27.7 Å². The van der Waals surface area contributed by atoms with Crippen LogP contribution < -0.4 is 0 Å². The number of rotatable bonds is 4. The van der Waals surface area contributed by atoms with Gasteiger partial charge in [-0.2, -0.15) is 0 Å². The zero-order valence-electron chi connectivity index (χ0n) is 25.6. The zero-order valence-corrected chi connectivity index (χ0v) is 27.2. The van der Waals surface area contributed by atoms with Gasteiger partial charge in [-0.1, -0.05) is 83.1 Å². The molecule has 0 saturated heterocycles. The van der Waals surface area contributed by atoms with E-state index in [1.165, 1.54) is 0 Å². The fraction of sp³-hybridized carbons (Fsp3) is 0.857. The van der Waals surface area contributed by atoms with Gasteiger partial charge in [-0.3, -0.25) is 19.2 Å². The molecule has 0 aromatic carbocycles. The Hall–Kier alpha value is -0.686. The van der Waals surface area contributed by atoms with E-state index in [0.717, 1.165) is 0 Å². The summed E-state index contributed by atoms with van der Waals surface area (Å²) in [6.07, 6.45) is -0.208. The minimum absolute atomic E-state index is 0. The third-order valence-electron chi connectivity index (χ3n) is 3.99. The van der Waals surface area contributed by atoms with Crippen LogP contribution in [0.1, 0.15) is 124 Å². The minimum Gasteiger partial charge on any atom is -0.394 e. The Kier molecular flexibility index (Phi) is 23.5. The van der Waals surface area contributed by atoms with Crippen LogP contribution in [0.4, 0.5) is 0 Å². The molecule has 0 heterocycles. The normalized spacial score (nSPS) is 11.5. The van der Waals surface area contributed by atoms with Crippen LogP contribution in [0.15, 0.2) is 0 Å². The number of aliphatic hydroxyl groups is 2. The summed E-state index contributed by atoms with van der Waals surface area (Å²) >= 11 is 0. The van der Waals surface area contributed by atoms with Crippen LogP contribution in [0.5, 0.6) is 0 Å². The Morgan fingerprint density at radius 1 is 0.457 bits per heavy atom. The molecule has 0 amide bonds. The average molecular weight is 537 g/mol. The Morgan fingerprint density at radius 3 is 0.600 bits per heavy atom. The summed E-state index contributed by atoms with van der Waals surface area (Å²) in [7, 11) is 0. The molecule has 0 aliphatic rings. The monoisotopic (exact) mass is 536 g/mol. The first-order valence-electron chi connectivity index (χ1n) is 12.1. The first-order valence-corrected chi connectivity index (χ1v) is 12.1. The van der Waals surface area contributed by atoms with Gasteiger partial charge in [0.15, 0.2) is 0 Å². The zero-order chi connectivity index (χ0) is 28.9. The predicted octanol–water partition coefficient (Wildman–Crippen LogP) is 5.99. The van der Waals surface area contributed by atoms with Crippen LogP contribution >= 0.6 is 0 Å². The van der Waals surface area contributed by atoms with Crippen molar-refractivity contribution in [2.45, 2.75) is 136 Å². The molecule has 0 spiro atoms. The van der Waals surface area contributed by atoms with Gasteiger partial charge in [0.1, 0.15) is 23.1 Å². The maximum atomic E-state index is 11.5. The van der Waals surface area contributed by atoms with Crippen molar-refractivity contribution in [3.8, 4) is 0 Å². The third kappa shape index (κ3) is 33.3.